The molecule has 2 rings (SSSR count). The average Bonchev–Trinajstić information content (AvgIpc) is 2.79. The van der Waals surface area contributed by atoms with Crippen molar-refractivity contribution in [2.24, 2.45) is 0 Å². The summed E-state index contributed by atoms with van der Waals surface area (Å²) in [6.07, 6.45) is 9.96. The summed E-state index contributed by atoms with van der Waals surface area (Å²) in [7, 11) is 0. The molecule has 2 aliphatic rings. The summed E-state index contributed by atoms with van der Waals surface area (Å²) in [6.45, 7) is 13.5. The van der Waals surface area contributed by atoms with Gasteiger partial charge in [-0.2, -0.15) is 0 Å². The third-order valence-electron chi connectivity index (χ3n) is 2.35. The van der Waals surface area contributed by atoms with Crippen molar-refractivity contribution in [2.75, 3.05) is 0 Å². The fourth-order valence-corrected chi connectivity index (χ4v) is 2.28. The SMILES string of the molecule is [C]=O.[C]=O.[C]=O.[Mn][CH]1C=CC2=C1CCCC2. The van der Waals surface area contributed by atoms with Gasteiger partial charge >= 0.3 is 69.8 Å². The summed E-state index contributed by atoms with van der Waals surface area (Å²) in [5.74, 6) is 0. The molecular weight excluding hydrogens is 247 g/mol. The molecule has 3 nitrogen and oxygen atoms in total. The van der Waals surface area contributed by atoms with Gasteiger partial charge in [-0.1, -0.05) is 0 Å². The number of allylic oxidation sites excluding steroid dienone is 4. The Kier molecular flexibility index (Phi) is 13.1. The molecule has 0 N–H and O–H groups in total. The summed E-state index contributed by atoms with van der Waals surface area (Å²) in [6, 6.07) is 0. The fraction of sp³-hybridized carbons (Fsp3) is 0.417. The maximum absolute atomic E-state index is 7.50. The Hall–Kier alpha value is -0.991. The fourth-order valence-electron chi connectivity index (χ4n) is 1.77. The molecule has 0 saturated carbocycles. The Bertz CT molecular complexity index is 244. The zero-order chi connectivity index (χ0) is 13.0. The molecule has 0 heterocycles. The predicted octanol–water partition coefficient (Wildman–Crippen LogP) is 1.57. The van der Waals surface area contributed by atoms with E-state index in [4.69, 9.17) is 14.4 Å². The van der Waals surface area contributed by atoms with Crippen molar-refractivity contribution in [2.45, 2.75) is 30.5 Å². The van der Waals surface area contributed by atoms with Crippen molar-refractivity contribution in [3.05, 3.63) is 23.3 Å². The van der Waals surface area contributed by atoms with Gasteiger partial charge < -0.3 is 0 Å². The van der Waals surface area contributed by atoms with Crippen molar-refractivity contribution in [3.63, 3.8) is 0 Å². The normalized spacial score (nSPS) is 20.2. The van der Waals surface area contributed by atoms with Crippen LogP contribution in [0.3, 0.4) is 0 Å². The first-order valence-corrected chi connectivity index (χ1v) is 5.21. The van der Waals surface area contributed by atoms with E-state index in [-0.39, 0.29) is 0 Å². The van der Waals surface area contributed by atoms with E-state index in [9.17, 15) is 0 Å². The van der Waals surface area contributed by atoms with Gasteiger partial charge in [0.15, 0.2) is 0 Å². The van der Waals surface area contributed by atoms with Gasteiger partial charge in [0.2, 0.25) is 0 Å². The van der Waals surface area contributed by atoms with Crippen LogP contribution in [0.1, 0.15) is 25.7 Å². The molecule has 84 valence electrons. The van der Waals surface area contributed by atoms with E-state index in [0.717, 1.165) is 0 Å². The molecule has 0 fully saturated rings. The van der Waals surface area contributed by atoms with Crippen molar-refractivity contribution in [1.82, 2.24) is 0 Å². The topological polar surface area (TPSA) is 51.2 Å². The summed E-state index contributed by atoms with van der Waals surface area (Å²) >= 11 is 3.64. The third kappa shape index (κ3) is 5.19. The Labute approximate surface area is 105 Å². The van der Waals surface area contributed by atoms with Crippen molar-refractivity contribution < 1.29 is 30.4 Å². The zero-order valence-corrected chi connectivity index (χ0v) is 9.84. The van der Waals surface area contributed by atoms with Crippen LogP contribution in [-0.2, 0) is 30.4 Å². The van der Waals surface area contributed by atoms with Gasteiger partial charge in [0.1, 0.15) is 0 Å². The Morgan fingerprint density at radius 1 is 1.00 bits per heavy atom. The Balaban J connectivity index is 0. The van der Waals surface area contributed by atoms with Gasteiger partial charge in [-0.05, 0) is 0 Å². The first-order chi connectivity index (χ1) is 7.88. The molecule has 0 amide bonds. The zero-order valence-electron chi connectivity index (χ0n) is 8.66. The van der Waals surface area contributed by atoms with Crippen LogP contribution in [0, 0.1) is 0 Å². The summed E-state index contributed by atoms with van der Waals surface area (Å²) in [4.78, 5) is 23.1. The summed E-state index contributed by atoms with van der Waals surface area (Å²) in [5.41, 5.74) is 3.25. The third-order valence-corrected chi connectivity index (χ3v) is 2.99. The second-order valence-corrected chi connectivity index (χ2v) is 3.75. The van der Waals surface area contributed by atoms with E-state index in [1.54, 1.807) is 11.1 Å². The molecule has 16 heavy (non-hydrogen) atoms. The first kappa shape index (κ1) is 17.4. The summed E-state index contributed by atoms with van der Waals surface area (Å²) < 4.78 is 0. The van der Waals surface area contributed by atoms with Crippen molar-refractivity contribution >= 4 is 20.4 Å². The minimum absolute atomic E-state index is 0.572. The van der Waals surface area contributed by atoms with Gasteiger partial charge in [0.05, 0.1) is 0 Å². The Morgan fingerprint density at radius 2 is 1.50 bits per heavy atom. The number of hydrogen-bond donors (Lipinski definition) is 0. The van der Waals surface area contributed by atoms with Gasteiger partial charge in [0.25, 0.3) is 20.4 Å². The van der Waals surface area contributed by atoms with E-state index in [0.29, 0.717) is 4.82 Å². The molecule has 0 aromatic rings. The molecule has 4 heteroatoms. The van der Waals surface area contributed by atoms with Crippen LogP contribution in [0.2, 0.25) is 4.82 Å². The maximum atomic E-state index is 7.50. The molecule has 0 bridgehead atoms. The van der Waals surface area contributed by atoms with Gasteiger partial charge in [0, 0.05) is 0 Å². The standard InChI is InChI=1S/C9H11.3CO.Mn/c1-2-5-9-7-3-6-8(9)4-1;3*1-2;/h3,6-7H,1-2,4-5H2;;;;. The molecule has 2 aliphatic carbocycles. The van der Waals surface area contributed by atoms with Crippen LogP contribution in [0.5, 0.6) is 0 Å². The Morgan fingerprint density at radius 3 is 2.00 bits per heavy atom. The second kappa shape index (κ2) is 12.1. The van der Waals surface area contributed by atoms with E-state index >= 15 is 0 Å². The van der Waals surface area contributed by atoms with Gasteiger partial charge in [-0.25, -0.2) is 0 Å². The molecule has 1 atom stereocenters. The first-order valence-electron chi connectivity index (χ1n) is 4.53. The number of rotatable bonds is 0. The molecular formula is C12H11MnO3. The van der Waals surface area contributed by atoms with Crippen LogP contribution in [0.25, 0.3) is 0 Å². The van der Waals surface area contributed by atoms with Crippen LogP contribution < -0.4 is 0 Å². The average molecular weight is 258 g/mol. The quantitative estimate of drug-likeness (QED) is 0.620. The second-order valence-electron chi connectivity index (χ2n) is 3.02. The molecule has 6 radical (unpaired) electrons. The molecule has 0 saturated heterocycles. The molecule has 0 aromatic heterocycles. The minimum atomic E-state index is 0.572. The molecule has 0 spiro atoms. The van der Waals surface area contributed by atoms with E-state index in [1.165, 1.54) is 25.7 Å². The van der Waals surface area contributed by atoms with E-state index in [2.05, 4.69) is 48.5 Å². The monoisotopic (exact) mass is 258 g/mol. The summed E-state index contributed by atoms with van der Waals surface area (Å²) in [5, 5.41) is 0. The van der Waals surface area contributed by atoms with Gasteiger partial charge in [-0.3, -0.25) is 14.4 Å². The van der Waals surface area contributed by atoms with E-state index < -0.39 is 0 Å². The van der Waals surface area contributed by atoms with Crippen molar-refractivity contribution in [3.8, 4) is 0 Å². The molecule has 0 aromatic carbocycles. The molecule has 0 aliphatic heterocycles. The van der Waals surface area contributed by atoms with Crippen LogP contribution in [-0.4, -0.2) is 20.4 Å². The molecule has 1 unspecified atom stereocenters. The number of carbonyl (C=O) groups excluding carboxylic acids is 3. The van der Waals surface area contributed by atoms with Crippen LogP contribution in [0.4, 0.5) is 0 Å². The van der Waals surface area contributed by atoms with E-state index in [1.807, 2.05) is 0 Å². The van der Waals surface area contributed by atoms with Crippen molar-refractivity contribution in [1.29, 1.82) is 0 Å². The van der Waals surface area contributed by atoms with Crippen LogP contribution in [0.15, 0.2) is 23.3 Å². The predicted molar refractivity (Wildman–Crippen MR) is 55.5 cm³/mol. The number of hydrogen-bond acceptors (Lipinski definition) is 3. The van der Waals surface area contributed by atoms with Crippen LogP contribution >= 0.6 is 0 Å². The van der Waals surface area contributed by atoms with Gasteiger partial charge in [-0.15, -0.1) is 0 Å².